The smallest absolute Gasteiger partial charge is 0.270 e. The van der Waals surface area contributed by atoms with Crippen molar-refractivity contribution in [2.24, 2.45) is 0 Å². The molecule has 0 radical (unpaired) electrons. The second-order valence-electron chi connectivity index (χ2n) is 8.15. The molecule has 1 amide bonds. The molecule has 0 saturated carbocycles. The highest BCUT2D eigenvalue weighted by Crippen LogP contribution is 2.37. The molecular weight excluding hydrogens is 466 g/mol. The summed E-state index contributed by atoms with van der Waals surface area (Å²) >= 11 is 6.71. The third-order valence-electron chi connectivity index (χ3n) is 5.57. The lowest BCUT2D eigenvalue weighted by atomic mass is 10.1. The fourth-order valence-corrected chi connectivity index (χ4v) is 4.94. The quantitative estimate of drug-likeness (QED) is 0.136. The van der Waals surface area contributed by atoms with Gasteiger partial charge in [-0.25, -0.2) is 0 Å². The van der Waals surface area contributed by atoms with Crippen molar-refractivity contribution in [1.82, 2.24) is 0 Å². The first-order valence-electron chi connectivity index (χ1n) is 11.6. The minimum absolute atomic E-state index is 0.0230. The van der Waals surface area contributed by atoms with E-state index in [9.17, 15) is 9.59 Å². The molecule has 1 aliphatic rings. The predicted octanol–water partition coefficient (Wildman–Crippen LogP) is 7.04. The zero-order chi connectivity index (χ0) is 24.5. The van der Waals surface area contributed by atoms with Crippen molar-refractivity contribution in [3.05, 3.63) is 58.5 Å². The third kappa shape index (κ3) is 6.70. The van der Waals surface area contributed by atoms with Gasteiger partial charge in [0.2, 0.25) is 0 Å². The topological polar surface area (TPSA) is 55.8 Å². The van der Waals surface area contributed by atoms with Crippen LogP contribution < -0.4 is 14.4 Å². The number of hydrogen-bond acceptors (Lipinski definition) is 6. The largest absolute Gasteiger partial charge is 0.493 e. The summed E-state index contributed by atoms with van der Waals surface area (Å²) in [7, 11) is 1.61. The second kappa shape index (κ2) is 12.7. The Morgan fingerprint density at radius 3 is 2.41 bits per heavy atom. The zero-order valence-electron chi connectivity index (χ0n) is 20.0. The van der Waals surface area contributed by atoms with Crippen LogP contribution in [-0.4, -0.2) is 29.7 Å². The minimum atomic E-state index is -0.187. The van der Waals surface area contributed by atoms with Crippen molar-refractivity contribution in [2.75, 3.05) is 18.6 Å². The summed E-state index contributed by atoms with van der Waals surface area (Å²) in [5, 5.41) is 0. The highest BCUT2D eigenvalue weighted by atomic mass is 32.2. The van der Waals surface area contributed by atoms with E-state index in [0.29, 0.717) is 38.6 Å². The molecule has 2 aromatic carbocycles. The molecule has 0 N–H and O–H groups in total. The number of hydrogen-bond donors (Lipinski definition) is 0. The Morgan fingerprint density at radius 1 is 1.03 bits per heavy atom. The lowest BCUT2D eigenvalue weighted by molar-refractivity contribution is -0.113. The fraction of sp³-hybridized carbons (Fsp3) is 0.370. The molecule has 7 heteroatoms. The molecule has 180 valence electrons. The van der Waals surface area contributed by atoms with Gasteiger partial charge in [0.1, 0.15) is 0 Å². The van der Waals surface area contributed by atoms with Crippen LogP contribution in [0.3, 0.4) is 0 Å². The molecular formula is C27H31NO4S2. The summed E-state index contributed by atoms with van der Waals surface area (Å²) < 4.78 is 11.9. The summed E-state index contributed by atoms with van der Waals surface area (Å²) in [6.07, 6.45) is 9.06. The molecule has 1 saturated heterocycles. The highest BCUT2D eigenvalue weighted by Gasteiger charge is 2.33. The molecule has 0 spiro atoms. The molecule has 1 aliphatic heterocycles. The lowest BCUT2D eigenvalue weighted by Crippen LogP contribution is -2.27. The van der Waals surface area contributed by atoms with Crippen LogP contribution in [0.5, 0.6) is 11.5 Å². The number of thiocarbonyl (C=S) groups is 1. The summed E-state index contributed by atoms with van der Waals surface area (Å²) in [6, 6.07) is 12.5. The van der Waals surface area contributed by atoms with Crippen LogP contribution in [0.15, 0.2) is 47.4 Å². The molecule has 1 fully saturated rings. The monoisotopic (exact) mass is 497 g/mol. The maximum absolute atomic E-state index is 13.1. The third-order valence-corrected chi connectivity index (χ3v) is 6.87. The van der Waals surface area contributed by atoms with E-state index in [4.69, 9.17) is 21.7 Å². The number of carbonyl (C=O) groups excluding carboxylic acids is 2. The van der Waals surface area contributed by atoms with Crippen molar-refractivity contribution in [3.63, 3.8) is 0 Å². The van der Waals surface area contributed by atoms with Gasteiger partial charge in [-0.05, 0) is 61.4 Å². The van der Waals surface area contributed by atoms with Gasteiger partial charge in [-0.2, -0.15) is 0 Å². The second-order valence-corrected chi connectivity index (χ2v) is 9.82. The van der Waals surface area contributed by atoms with Crippen molar-refractivity contribution >= 4 is 51.8 Å². The molecule has 0 unspecified atom stereocenters. The summed E-state index contributed by atoms with van der Waals surface area (Å²) in [5.41, 5.74) is 2.07. The Labute approximate surface area is 211 Å². The number of carbonyl (C=O) groups is 2. The number of anilines is 1. The summed E-state index contributed by atoms with van der Waals surface area (Å²) in [5.74, 6) is 1.12. The number of ether oxygens (including phenoxy) is 2. The first-order valence-corrected chi connectivity index (χ1v) is 12.9. The fourth-order valence-electron chi connectivity index (χ4n) is 3.64. The minimum Gasteiger partial charge on any atom is -0.493 e. The molecule has 3 rings (SSSR count). The Balaban J connectivity index is 1.66. The Hall–Kier alpha value is -2.64. The number of nitrogens with zero attached hydrogens (tertiary/aromatic N) is 1. The van der Waals surface area contributed by atoms with Crippen LogP contribution >= 0.6 is 24.0 Å². The van der Waals surface area contributed by atoms with Crippen molar-refractivity contribution in [1.29, 1.82) is 0 Å². The molecule has 0 aromatic heterocycles. The highest BCUT2D eigenvalue weighted by molar-refractivity contribution is 8.27. The number of rotatable bonds is 12. The first-order chi connectivity index (χ1) is 16.4. The molecule has 2 aromatic rings. The molecule has 0 atom stereocenters. The number of Topliss-reactive ketones (excluding diaryl/α,β-unsaturated/α-hetero) is 1. The number of benzene rings is 2. The van der Waals surface area contributed by atoms with Crippen LogP contribution in [0.4, 0.5) is 5.69 Å². The standard InChI is InChI=1S/C27H31NO4S2/c1-4-5-6-7-8-9-16-32-23-15-10-20(17-24(23)31-3)18-25-26(30)28(27(33)34-25)22-13-11-21(12-14-22)19(2)29/h10-15,17-18H,4-9,16H2,1-3H3/b25-18-. The summed E-state index contributed by atoms with van der Waals surface area (Å²) in [6.45, 7) is 4.38. The van der Waals surface area contributed by atoms with E-state index in [1.54, 1.807) is 31.4 Å². The average molecular weight is 498 g/mol. The zero-order valence-corrected chi connectivity index (χ0v) is 21.6. The molecule has 5 nitrogen and oxygen atoms in total. The van der Waals surface area contributed by atoms with Crippen LogP contribution in [0.2, 0.25) is 0 Å². The molecule has 0 bridgehead atoms. The SMILES string of the molecule is CCCCCCCCOc1ccc(/C=C2\SC(=S)N(c3ccc(C(C)=O)cc3)C2=O)cc1OC. The van der Waals surface area contributed by atoms with Crippen molar-refractivity contribution in [3.8, 4) is 11.5 Å². The Morgan fingerprint density at radius 2 is 1.74 bits per heavy atom. The number of unbranched alkanes of at least 4 members (excludes halogenated alkanes) is 5. The van der Waals surface area contributed by atoms with E-state index < -0.39 is 0 Å². The van der Waals surface area contributed by atoms with E-state index in [0.717, 1.165) is 12.0 Å². The van der Waals surface area contributed by atoms with Crippen LogP contribution in [0.25, 0.3) is 6.08 Å². The van der Waals surface area contributed by atoms with Gasteiger partial charge in [0, 0.05) is 5.56 Å². The summed E-state index contributed by atoms with van der Waals surface area (Å²) in [4.78, 5) is 26.6. The van der Waals surface area contributed by atoms with Gasteiger partial charge in [-0.15, -0.1) is 0 Å². The molecule has 34 heavy (non-hydrogen) atoms. The predicted molar refractivity (Wildman–Crippen MR) is 144 cm³/mol. The molecule has 1 heterocycles. The van der Waals surface area contributed by atoms with E-state index in [-0.39, 0.29) is 11.7 Å². The number of amides is 1. The van der Waals surface area contributed by atoms with Gasteiger partial charge in [0.15, 0.2) is 21.6 Å². The van der Waals surface area contributed by atoms with Crippen LogP contribution in [0.1, 0.15) is 68.3 Å². The molecule has 0 aliphatic carbocycles. The Bertz CT molecular complexity index is 1060. The first kappa shape index (κ1) is 26.0. The number of methoxy groups -OCH3 is 1. The van der Waals surface area contributed by atoms with Gasteiger partial charge >= 0.3 is 0 Å². The van der Waals surface area contributed by atoms with E-state index in [1.165, 1.54) is 55.7 Å². The van der Waals surface area contributed by atoms with Gasteiger partial charge in [-0.1, -0.05) is 69.1 Å². The number of thioether (sulfide) groups is 1. The van der Waals surface area contributed by atoms with Crippen molar-refractivity contribution < 1.29 is 19.1 Å². The van der Waals surface area contributed by atoms with E-state index in [1.807, 2.05) is 24.3 Å². The average Bonchev–Trinajstić information content (AvgIpc) is 3.11. The van der Waals surface area contributed by atoms with Gasteiger partial charge in [0.05, 0.1) is 24.3 Å². The van der Waals surface area contributed by atoms with E-state index >= 15 is 0 Å². The van der Waals surface area contributed by atoms with Crippen LogP contribution in [-0.2, 0) is 4.79 Å². The van der Waals surface area contributed by atoms with Gasteiger partial charge < -0.3 is 9.47 Å². The van der Waals surface area contributed by atoms with Gasteiger partial charge in [0.25, 0.3) is 5.91 Å². The maximum atomic E-state index is 13.1. The van der Waals surface area contributed by atoms with Gasteiger partial charge in [-0.3, -0.25) is 14.5 Å². The van der Waals surface area contributed by atoms with E-state index in [2.05, 4.69) is 6.92 Å². The van der Waals surface area contributed by atoms with Crippen LogP contribution in [0, 0.1) is 0 Å². The number of ketones is 1. The maximum Gasteiger partial charge on any atom is 0.270 e. The normalized spacial score (nSPS) is 14.7. The van der Waals surface area contributed by atoms with Crippen molar-refractivity contribution in [2.45, 2.75) is 52.4 Å². The Kier molecular flexibility index (Phi) is 9.72. The lowest BCUT2D eigenvalue weighted by Gasteiger charge is -2.14.